The smallest absolute Gasteiger partial charge is 0.326 e. The van der Waals surface area contributed by atoms with Gasteiger partial charge in [0.25, 0.3) is 5.91 Å². The normalized spacial score (nSPS) is 27.4. The zero-order chi connectivity index (χ0) is 30.2. The largest absolute Gasteiger partial charge is 0.496 e. The number of rotatable bonds is 8. The Morgan fingerprint density at radius 1 is 1.12 bits per heavy atom. The van der Waals surface area contributed by atoms with Gasteiger partial charge in [0.1, 0.15) is 17.9 Å². The molecule has 2 N–H and O–H groups in total. The van der Waals surface area contributed by atoms with E-state index in [0.717, 1.165) is 35.3 Å². The molecule has 1 saturated carbocycles. The van der Waals surface area contributed by atoms with Crippen LogP contribution in [0, 0.1) is 18.3 Å². The number of carbonyl (C=O) groups excluding carboxylic acids is 1. The van der Waals surface area contributed by atoms with Crippen molar-refractivity contribution in [2.75, 3.05) is 13.7 Å². The highest BCUT2D eigenvalue weighted by Gasteiger charge is 2.59. The zero-order valence-electron chi connectivity index (χ0n) is 26.1. The van der Waals surface area contributed by atoms with Gasteiger partial charge in [-0.2, -0.15) is 0 Å². The Hall–Kier alpha value is -2.90. The molecule has 2 aromatic rings. The van der Waals surface area contributed by atoms with Crippen molar-refractivity contribution in [3.8, 4) is 5.75 Å². The average molecular weight is 577 g/mol. The van der Waals surface area contributed by atoms with Crippen molar-refractivity contribution in [3.63, 3.8) is 0 Å². The number of carboxylic acid groups (broad SMARTS) is 1. The zero-order valence-corrected chi connectivity index (χ0v) is 26.1. The SMILES string of the molecule is COc1ccc(C2(C)CCC2)cc1CN[C@H]1[C@H](C(C)(C)C)[C@@H](C(=O)O)N(C(=O)[C@@H]2CCCCO2)[C@H]1c1ccccc1C. The van der Waals surface area contributed by atoms with Gasteiger partial charge in [-0.05, 0) is 72.6 Å². The van der Waals surface area contributed by atoms with Gasteiger partial charge in [0, 0.05) is 30.7 Å². The fraction of sp³-hybridized carbons (Fsp3) is 0.600. The molecule has 3 aliphatic rings. The minimum Gasteiger partial charge on any atom is -0.496 e. The molecule has 0 aromatic heterocycles. The van der Waals surface area contributed by atoms with Crippen molar-refractivity contribution < 1.29 is 24.2 Å². The van der Waals surface area contributed by atoms with Crippen LogP contribution in [0.3, 0.4) is 0 Å². The minimum atomic E-state index is -0.993. The highest BCUT2D eigenvalue weighted by Crippen LogP contribution is 2.50. The summed E-state index contributed by atoms with van der Waals surface area (Å²) in [6.07, 6.45) is 5.41. The van der Waals surface area contributed by atoms with Crippen molar-refractivity contribution in [2.24, 2.45) is 11.3 Å². The molecule has 42 heavy (non-hydrogen) atoms. The van der Waals surface area contributed by atoms with Gasteiger partial charge in [-0.15, -0.1) is 0 Å². The van der Waals surface area contributed by atoms with Crippen molar-refractivity contribution in [3.05, 3.63) is 64.7 Å². The molecule has 3 fully saturated rings. The molecule has 5 atom stereocenters. The van der Waals surface area contributed by atoms with E-state index in [1.165, 1.54) is 24.8 Å². The van der Waals surface area contributed by atoms with Crippen molar-refractivity contribution >= 4 is 11.9 Å². The first-order valence-corrected chi connectivity index (χ1v) is 15.6. The lowest BCUT2D eigenvalue weighted by Gasteiger charge is -2.39. The van der Waals surface area contributed by atoms with Crippen LogP contribution in [0.5, 0.6) is 5.75 Å². The number of hydrogen-bond acceptors (Lipinski definition) is 5. The second kappa shape index (κ2) is 12.0. The molecule has 0 unspecified atom stereocenters. The van der Waals surface area contributed by atoms with Crippen LogP contribution in [-0.2, 0) is 26.3 Å². The molecule has 2 heterocycles. The lowest BCUT2D eigenvalue weighted by Crippen LogP contribution is -2.51. The van der Waals surface area contributed by atoms with Crippen LogP contribution in [0.4, 0.5) is 0 Å². The van der Waals surface area contributed by atoms with Crippen LogP contribution in [0.25, 0.3) is 0 Å². The molecule has 2 saturated heterocycles. The Labute approximate surface area is 251 Å². The highest BCUT2D eigenvalue weighted by molar-refractivity contribution is 5.88. The maximum absolute atomic E-state index is 14.3. The van der Waals surface area contributed by atoms with Crippen molar-refractivity contribution in [1.82, 2.24) is 10.2 Å². The van der Waals surface area contributed by atoms with Crippen LogP contribution in [0.15, 0.2) is 42.5 Å². The summed E-state index contributed by atoms with van der Waals surface area (Å²) in [6, 6.07) is 12.8. The van der Waals surface area contributed by atoms with E-state index in [0.29, 0.717) is 19.6 Å². The number of hydrogen-bond donors (Lipinski definition) is 2. The number of likely N-dealkylation sites (tertiary alicyclic amines) is 1. The standard InChI is InChI=1S/C35H48N2O5/c1-22-12-7-8-13-25(22)30-29(36-21-23-20-24(15-16-26(23)41-6)35(5)17-11-18-35)28(34(2,3)4)31(33(39)40)37(30)32(38)27-14-9-10-19-42-27/h7-8,12-13,15-16,20,27-31,36H,9-11,14,17-19,21H2,1-6H3,(H,39,40)/t27-,28-,29-,30-,31-/m0/s1. The molecule has 2 aliphatic heterocycles. The predicted molar refractivity (Wildman–Crippen MR) is 164 cm³/mol. The van der Waals surface area contributed by atoms with Crippen LogP contribution < -0.4 is 10.1 Å². The molecular weight excluding hydrogens is 528 g/mol. The maximum Gasteiger partial charge on any atom is 0.326 e. The molecule has 7 nitrogen and oxygen atoms in total. The number of carbonyl (C=O) groups is 2. The van der Waals surface area contributed by atoms with E-state index >= 15 is 0 Å². The first-order valence-electron chi connectivity index (χ1n) is 15.6. The van der Waals surface area contributed by atoms with E-state index in [2.05, 4.69) is 51.2 Å². The summed E-state index contributed by atoms with van der Waals surface area (Å²) in [6.45, 7) is 11.6. The number of aryl methyl sites for hydroxylation is 1. The van der Waals surface area contributed by atoms with E-state index in [1.54, 1.807) is 12.0 Å². The molecule has 0 spiro atoms. The topological polar surface area (TPSA) is 88.1 Å². The summed E-state index contributed by atoms with van der Waals surface area (Å²) < 4.78 is 11.7. The molecular formula is C35H48N2O5. The van der Waals surface area contributed by atoms with Gasteiger partial charge in [0.2, 0.25) is 0 Å². The van der Waals surface area contributed by atoms with E-state index in [9.17, 15) is 14.7 Å². The lowest BCUT2D eigenvalue weighted by molar-refractivity contribution is -0.159. The summed E-state index contributed by atoms with van der Waals surface area (Å²) in [7, 11) is 1.69. The first kappa shape index (κ1) is 30.6. The molecule has 0 radical (unpaired) electrons. The molecule has 228 valence electrons. The summed E-state index contributed by atoms with van der Waals surface area (Å²) >= 11 is 0. The van der Waals surface area contributed by atoms with Crippen molar-refractivity contribution in [2.45, 2.75) is 109 Å². The van der Waals surface area contributed by atoms with Crippen LogP contribution in [0.2, 0.25) is 0 Å². The Kier molecular flexibility index (Phi) is 8.73. The van der Waals surface area contributed by atoms with Crippen LogP contribution in [0.1, 0.15) is 94.5 Å². The maximum atomic E-state index is 14.3. The summed E-state index contributed by atoms with van der Waals surface area (Å²) in [5, 5.41) is 14.6. The monoisotopic (exact) mass is 576 g/mol. The molecule has 2 aromatic carbocycles. The van der Waals surface area contributed by atoms with Gasteiger partial charge in [0.05, 0.1) is 13.2 Å². The van der Waals surface area contributed by atoms with Crippen LogP contribution in [-0.4, -0.2) is 53.8 Å². The Morgan fingerprint density at radius 3 is 2.43 bits per heavy atom. The number of carboxylic acids is 1. The summed E-state index contributed by atoms with van der Waals surface area (Å²) in [5.74, 6) is -0.735. The average Bonchev–Trinajstić information content (AvgIpc) is 3.30. The van der Waals surface area contributed by atoms with Gasteiger partial charge in [-0.3, -0.25) is 4.79 Å². The van der Waals surface area contributed by atoms with Gasteiger partial charge in [-0.25, -0.2) is 4.79 Å². The van der Waals surface area contributed by atoms with E-state index in [1.807, 2.05) is 31.2 Å². The number of methoxy groups -OCH3 is 1. The molecule has 1 aliphatic carbocycles. The Balaban J connectivity index is 1.59. The summed E-state index contributed by atoms with van der Waals surface area (Å²) in [5.41, 5.74) is 4.15. The lowest BCUT2D eigenvalue weighted by atomic mass is 9.66. The van der Waals surface area contributed by atoms with Gasteiger partial charge in [0.15, 0.2) is 0 Å². The van der Waals surface area contributed by atoms with Crippen LogP contribution >= 0.6 is 0 Å². The number of ether oxygens (including phenoxy) is 2. The molecule has 7 heteroatoms. The molecule has 5 rings (SSSR count). The van der Waals surface area contributed by atoms with E-state index in [4.69, 9.17) is 9.47 Å². The van der Waals surface area contributed by atoms with Gasteiger partial charge in [-0.1, -0.05) is 70.5 Å². The number of nitrogens with one attached hydrogen (secondary N) is 1. The third-order valence-electron chi connectivity index (χ3n) is 10.1. The Morgan fingerprint density at radius 2 is 1.86 bits per heavy atom. The second-order valence-electron chi connectivity index (χ2n) is 13.9. The highest BCUT2D eigenvalue weighted by atomic mass is 16.5. The predicted octanol–water partition coefficient (Wildman–Crippen LogP) is 6.17. The minimum absolute atomic E-state index is 0.184. The van der Waals surface area contributed by atoms with E-state index < -0.39 is 29.6 Å². The first-order chi connectivity index (χ1) is 20.0. The Bertz CT molecular complexity index is 1290. The third-order valence-corrected chi connectivity index (χ3v) is 10.1. The second-order valence-corrected chi connectivity index (χ2v) is 13.9. The quantitative estimate of drug-likeness (QED) is 0.391. The number of benzene rings is 2. The fourth-order valence-electron chi connectivity index (χ4n) is 7.59. The fourth-order valence-corrected chi connectivity index (χ4v) is 7.59. The molecule has 0 bridgehead atoms. The van der Waals surface area contributed by atoms with Gasteiger partial charge >= 0.3 is 5.97 Å². The van der Waals surface area contributed by atoms with E-state index in [-0.39, 0.29) is 23.3 Å². The van der Waals surface area contributed by atoms with Crippen molar-refractivity contribution in [1.29, 1.82) is 0 Å². The van der Waals surface area contributed by atoms with Gasteiger partial charge < -0.3 is 24.8 Å². The third kappa shape index (κ3) is 5.70. The molecule has 1 amide bonds. The number of aliphatic carboxylic acids is 1. The number of amides is 1. The number of nitrogens with zero attached hydrogens (tertiary/aromatic N) is 1. The summed E-state index contributed by atoms with van der Waals surface area (Å²) in [4.78, 5) is 29.1.